The third-order valence-electron chi connectivity index (χ3n) is 2.90. The van der Waals surface area contributed by atoms with Crippen molar-refractivity contribution in [3.63, 3.8) is 0 Å². The third kappa shape index (κ3) is 3.34. The standard InChI is InChI=1S/C15H18N2S/c1-11-4-3-5-13(8-11)18-10-15(16)14-9-17-7-6-12(14)2/h3-9,15H,10,16H2,1-2H3. The van der Waals surface area contributed by atoms with Gasteiger partial charge in [-0.2, -0.15) is 0 Å². The molecule has 2 nitrogen and oxygen atoms in total. The number of hydrogen-bond donors (Lipinski definition) is 1. The molecule has 0 saturated heterocycles. The van der Waals surface area contributed by atoms with E-state index >= 15 is 0 Å². The molecule has 3 heteroatoms. The molecule has 0 fully saturated rings. The van der Waals surface area contributed by atoms with Crippen molar-refractivity contribution < 1.29 is 0 Å². The Labute approximate surface area is 113 Å². The summed E-state index contributed by atoms with van der Waals surface area (Å²) in [5.74, 6) is 0.871. The Kier molecular flexibility index (Phi) is 4.39. The fraction of sp³-hybridized carbons (Fsp3) is 0.267. The lowest BCUT2D eigenvalue weighted by Gasteiger charge is -2.13. The van der Waals surface area contributed by atoms with E-state index in [0.717, 1.165) is 11.3 Å². The van der Waals surface area contributed by atoms with Crippen molar-refractivity contribution in [2.75, 3.05) is 5.75 Å². The maximum atomic E-state index is 6.22. The first-order valence-electron chi connectivity index (χ1n) is 6.02. The van der Waals surface area contributed by atoms with E-state index in [1.165, 1.54) is 16.0 Å². The van der Waals surface area contributed by atoms with Crippen LogP contribution in [0.4, 0.5) is 0 Å². The number of aromatic nitrogens is 1. The molecular formula is C15H18N2S. The van der Waals surface area contributed by atoms with Crippen LogP contribution in [0.15, 0.2) is 47.6 Å². The average molecular weight is 258 g/mol. The first kappa shape index (κ1) is 13.1. The number of rotatable bonds is 4. The molecule has 18 heavy (non-hydrogen) atoms. The summed E-state index contributed by atoms with van der Waals surface area (Å²) in [6, 6.07) is 10.5. The average Bonchev–Trinajstić information content (AvgIpc) is 2.37. The van der Waals surface area contributed by atoms with Crippen LogP contribution in [0.3, 0.4) is 0 Å². The first-order chi connectivity index (χ1) is 8.66. The summed E-state index contributed by atoms with van der Waals surface area (Å²) < 4.78 is 0. The van der Waals surface area contributed by atoms with E-state index in [-0.39, 0.29) is 6.04 Å². The number of hydrogen-bond acceptors (Lipinski definition) is 3. The van der Waals surface area contributed by atoms with Crippen LogP contribution in [0.1, 0.15) is 22.7 Å². The highest BCUT2D eigenvalue weighted by molar-refractivity contribution is 7.99. The Morgan fingerprint density at radius 2 is 2.11 bits per heavy atom. The van der Waals surface area contributed by atoms with Gasteiger partial charge in [-0.3, -0.25) is 4.98 Å². The highest BCUT2D eigenvalue weighted by atomic mass is 32.2. The van der Waals surface area contributed by atoms with Crippen molar-refractivity contribution in [3.8, 4) is 0 Å². The van der Waals surface area contributed by atoms with Crippen LogP contribution in [0.25, 0.3) is 0 Å². The highest BCUT2D eigenvalue weighted by Crippen LogP contribution is 2.25. The highest BCUT2D eigenvalue weighted by Gasteiger charge is 2.09. The molecule has 0 aliphatic carbocycles. The van der Waals surface area contributed by atoms with Gasteiger partial charge < -0.3 is 5.73 Å². The monoisotopic (exact) mass is 258 g/mol. The Hall–Kier alpha value is -1.32. The molecule has 0 radical (unpaired) electrons. The Bertz CT molecular complexity index is 525. The van der Waals surface area contributed by atoms with Crippen molar-refractivity contribution in [1.29, 1.82) is 0 Å². The van der Waals surface area contributed by atoms with Gasteiger partial charge in [0.2, 0.25) is 0 Å². The number of thioether (sulfide) groups is 1. The predicted molar refractivity (Wildman–Crippen MR) is 77.8 cm³/mol. The van der Waals surface area contributed by atoms with Crippen LogP contribution in [0.2, 0.25) is 0 Å². The van der Waals surface area contributed by atoms with E-state index in [0.29, 0.717) is 0 Å². The summed E-state index contributed by atoms with van der Waals surface area (Å²) in [4.78, 5) is 5.42. The molecule has 1 atom stereocenters. The van der Waals surface area contributed by atoms with Gasteiger partial charge in [-0.1, -0.05) is 17.7 Å². The summed E-state index contributed by atoms with van der Waals surface area (Å²) in [5, 5.41) is 0. The van der Waals surface area contributed by atoms with E-state index < -0.39 is 0 Å². The number of nitrogens with two attached hydrogens (primary N) is 1. The summed E-state index contributed by atoms with van der Waals surface area (Å²) in [5.41, 5.74) is 9.85. The topological polar surface area (TPSA) is 38.9 Å². The SMILES string of the molecule is Cc1cccc(SCC(N)c2cnccc2C)c1. The van der Waals surface area contributed by atoms with Gasteiger partial charge in [0.05, 0.1) is 0 Å². The van der Waals surface area contributed by atoms with Crippen molar-refractivity contribution in [3.05, 3.63) is 59.4 Å². The summed E-state index contributed by atoms with van der Waals surface area (Å²) in [7, 11) is 0. The molecule has 1 heterocycles. The molecule has 2 rings (SSSR count). The van der Waals surface area contributed by atoms with Gasteiger partial charge in [-0.15, -0.1) is 11.8 Å². The zero-order valence-corrected chi connectivity index (χ0v) is 11.6. The second-order valence-corrected chi connectivity index (χ2v) is 5.56. The fourth-order valence-electron chi connectivity index (χ4n) is 1.85. The minimum Gasteiger partial charge on any atom is -0.323 e. The number of nitrogens with zero attached hydrogens (tertiary/aromatic N) is 1. The number of benzene rings is 1. The van der Waals surface area contributed by atoms with Crippen molar-refractivity contribution in [1.82, 2.24) is 4.98 Å². The Morgan fingerprint density at radius 3 is 2.83 bits per heavy atom. The number of pyridine rings is 1. The van der Waals surface area contributed by atoms with Gasteiger partial charge in [0.25, 0.3) is 0 Å². The molecule has 1 aromatic heterocycles. The van der Waals surface area contributed by atoms with Gasteiger partial charge in [0.15, 0.2) is 0 Å². The number of aryl methyl sites for hydroxylation is 2. The molecular weight excluding hydrogens is 240 g/mol. The van der Waals surface area contributed by atoms with E-state index in [4.69, 9.17) is 5.73 Å². The molecule has 1 aromatic carbocycles. The smallest absolute Gasteiger partial charge is 0.0408 e. The molecule has 94 valence electrons. The van der Waals surface area contributed by atoms with Gasteiger partial charge in [0, 0.05) is 29.1 Å². The largest absolute Gasteiger partial charge is 0.323 e. The summed E-state index contributed by atoms with van der Waals surface area (Å²) in [6.07, 6.45) is 3.68. The second-order valence-electron chi connectivity index (χ2n) is 4.47. The van der Waals surface area contributed by atoms with Crippen molar-refractivity contribution >= 4 is 11.8 Å². The third-order valence-corrected chi connectivity index (χ3v) is 4.01. The quantitative estimate of drug-likeness (QED) is 0.853. The van der Waals surface area contributed by atoms with E-state index in [2.05, 4.69) is 43.1 Å². The molecule has 0 spiro atoms. The summed E-state index contributed by atoms with van der Waals surface area (Å²) >= 11 is 1.79. The van der Waals surface area contributed by atoms with Gasteiger partial charge >= 0.3 is 0 Å². The first-order valence-corrected chi connectivity index (χ1v) is 7.01. The van der Waals surface area contributed by atoms with Crippen LogP contribution in [-0.2, 0) is 0 Å². The molecule has 1 unspecified atom stereocenters. The van der Waals surface area contributed by atoms with Gasteiger partial charge in [-0.05, 0) is 43.2 Å². The van der Waals surface area contributed by atoms with Crippen LogP contribution in [0, 0.1) is 13.8 Å². The Balaban J connectivity index is 2.00. The molecule has 0 aliphatic rings. The molecule has 0 amide bonds. The maximum absolute atomic E-state index is 6.22. The minimum atomic E-state index is 0.0317. The molecule has 0 saturated carbocycles. The maximum Gasteiger partial charge on any atom is 0.0408 e. The van der Waals surface area contributed by atoms with Crippen molar-refractivity contribution in [2.24, 2.45) is 5.73 Å². The van der Waals surface area contributed by atoms with Gasteiger partial charge in [-0.25, -0.2) is 0 Å². The van der Waals surface area contributed by atoms with Crippen LogP contribution < -0.4 is 5.73 Å². The molecule has 2 N–H and O–H groups in total. The normalized spacial score (nSPS) is 12.4. The molecule has 0 aliphatic heterocycles. The minimum absolute atomic E-state index is 0.0317. The lowest BCUT2D eigenvalue weighted by atomic mass is 10.1. The lowest BCUT2D eigenvalue weighted by Crippen LogP contribution is -2.14. The predicted octanol–water partition coefficient (Wildman–Crippen LogP) is 3.49. The fourth-order valence-corrected chi connectivity index (χ4v) is 2.84. The van der Waals surface area contributed by atoms with E-state index in [1.807, 2.05) is 12.3 Å². The zero-order chi connectivity index (χ0) is 13.0. The van der Waals surface area contributed by atoms with E-state index in [1.54, 1.807) is 18.0 Å². The van der Waals surface area contributed by atoms with Crippen LogP contribution in [0.5, 0.6) is 0 Å². The van der Waals surface area contributed by atoms with Crippen LogP contribution >= 0.6 is 11.8 Å². The molecule has 2 aromatic rings. The van der Waals surface area contributed by atoms with Crippen molar-refractivity contribution in [2.45, 2.75) is 24.8 Å². The van der Waals surface area contributed by atoms with Gasteiger partial charge in [0.1, 0.15) is 0 Å². The molecule has 0 bridgehead atoms. The lowest BCUT2D eigenvalue weighted by molar-refractivity contribution is 0.815. The summed E-state index contributed by atoms with van der Waals surface area (Å²) in [6.45, 7) is 4.18. The Morgan fingerprint density at radius 1 is 1.28 bits per heavy atom. The second kappa shape index (κ2) is 6.03. The van der Waals surface area contributed by atoms with Crippen LogP contribution in [-0.4, -0.2) is 10.7 Å². The van der Waals surface area contributed by atoms with E-state index in [9.17, 15) is 0 Å². The zero-order valence-electron chi connectivity index (χ0n) is 10.8.